The highest BCUT2D eigenvalue weighted by Gasteiger charge is 2.27. The molecule has 1 heterocycles. The highest BCUT2D eigenvalue weighted by Crippen LogP contribution is 2.35. The first-order valence-electron chi connectivity index (χ1n) is 5.15. The molecule has 86 valence electrons. The Labute approximate surface area is 95.3 Å². The molecule has 2 rings (SSSR count). The minimum absolute atomic E-state index is 0.365. The molecule has 1 N–H and O–H groups in total. The SMILES string of the molecule is CC1=CS(=O)(=O)c2c(CC(C)O)cccc21. The van der Waals surface area contributed by atoms with Gasteiger partial charge in [0.25, 0.3) is 0 Å². The Bertz CT molecular complexity index is 554. The van der Waals surface area contributed by atoms with Gasteiger partial charge in [-0.05, 0) is 37.0 Å². The first-order valence-corrected chi connectivity index (χ1v) is 6.70. The van der Waals surface area contributed by atoms with E-state index in [2.05, 4.69) is 0 Å². The molecule has 16 heavy (non-hydrogen) atoms. The Balaban J connectivity index is 2.64. The maximum absolute atomic E-state index is 11.9. The second kappa shape index (κ2) is 3.71. The van der Waals surface area contributed by atoms with Crippen LogP contribution in [0.3, 0.4) is 0 Å². The van der Waals surface area contributed by atoms with Gasteiger partial charge in [-0.3, -0.25) is 0 Å². The number of fused-ring (bicyclic) bond motifs is 1. The van der Waals surface area contributed by atoms with Crippen LogP contribution in [0.25, 0.3) is 5.57 Å². The van der Waals surface area contributed by atoms with Crippen LogP contribution in [0.15, 0.2) is 28.5 Å². The lowest BCUT2D eigenvalue weighted by atomic mass is 10.0. The molecule has 0 spiro atoms. The third-order valence-corrected chi connectivity index (χ3v) is 4.37. The average Bonchev–Trinajstić information content (AvgIpc) is 2.37. The van der Waals surface area contributed by atoms with Gasteiger partial charge in [-0.2, -0.15) is 0 Å². The smallest absolute Gasteiger partial charge is 0.200 e. The van der Waals surface area contributed by atoms with Crippen molar-refractivity contribution in [1.82, 2.24) is 0 Å². The molecule has 1 aromatic carbocycles. The van der Waals surface area contributed by atoms with Gasteiger partial charge in [-0.1, -0.05) is 18.2 Å². The van der Waals surface area contributed by atoms with Gasteiger partial charge in [-0.25, -0.2) is 8.42 Å². The molecule has 0 aliphatic carbocycles. The summed E-state index contributed by atoms with van der Waals surface area (Å²) in [6.07, 6.45) is -0.175. The number of sulfone groups is 1. The van der Waals surface area contributed by atoms with Crippen molar-refractivity contribution in [3.63, 3.8) is 0 Å². The lowest BCUT2D eigenvalue weighted by Gasteiger charge is -2.10. The Morgan fingerprint density at radius 2 is 2.06 bits per heavy atom. The highest BCUT2D eigenvalue weighted by molar-refractivity contribution is 7.95. The number of hydrogen-bond acceptors (Lipinski definition) is 3. The van der Waals surface area contributed by atoms with Gasteiger partial charge in [0.05, 0.1) is 11.0 Å². The summed E-state index contributed by atoms with van der Waals surface area (Å²) < 4.78 is 23.8. The van der Waals surface area contributed by atoms with E-state index in [4.69, 9.17) is 0 Å². The van der Waals surface area contributed by atoms with Gasteiger partial charge in [0.1, 0.15) is 0 Å². The van der Waals surface area contributed by atoms with E-state index in [0.29, 0.717) is 16.9 Å². The van der Waals surface area contributed by atoms with Crippen molar-refractivity contribution in [2.75, 3.05) is 0 Å². The third kappa shape index (κ3) is 1.79. The summed E-state index contributed by atoms with van der Waals surface area (Å²) in [5.41, 5.74) is 2.22. The van der Waals surface area contributed by atoms with Crippen molar-refractivity contribution in [3.05, 3.63) is 34.7 Å². The fraction of sp³-hybridized carbons (Fsp3) is 0.333. The molecule has 1 aliphatic rings. The normalized spacial score (nSPS) is 19.1. The topological polar surface area (TPSA) is 54.4 Å². The molecule has 0 fully saturated rings. The first kappa shape index (κ1) is 11.4. The second-order valence-electron chi connectivity index (χ2n) is 4.19. The van der Waals surface area contributed by atoms with Crippen molar-refractivity contribution in [2.45, 2.75) is 31.3 Å². The van der Waals surface area contributed by atoms with Crippen LogP contribution in [-0.4, -0.2) is 19.6 Å². The van der Waals surface area contributed by atoms with Crippen molar-refractivity contribution in [3.8, 4) is 0 Å². The number of rotatable bonds is 2. The molecular formula is C12H14O3S. The number of aliphatic hydroxyl groups excluding tert-OH is 1. The fourth-order valence-corrected chi connectivity index (χ4v) is 3.83. The predicted octanol–water partition coefficient (Wildman–Crippen LogP) is 1.76. The van der Waals surface area contributed by atoms with Gasteiger partial charge in [0.15, 0.2) is 0 Å². The van der Waals surface area contributed by atoms with E-state index in [9.17, 15) is 13.5 Å². The van der Waals surface area contributed by atoms with Crippen LogP contribution in [0.5, 0.6) is 0 Å². The predicted molar refractivity (Wildman–Crippen MR) is 62.7 cm³/mol. The molecule has 4 heteroatoms. The molecular weight excluding hydrogens is 224 g/mol. The van der Waals surface area contributed by atoms with Gasteiger partial charge < -0.3 is 5.11 Å². The van der Waals surface area contributed by atoms with Crippen LogP contribution >= 0.6 is 0 Å². The Morgan fingerprint density at radius 1 is 1.38 bits per heavy atom. The number of hydrogen-bond donors (Lipinski definition) is 1. The van der Waals surface area contributed by atoms with E-state index < -0.39 is 15.9 Å². The fourth-order valence-electron chi connectivity index (χ4n) is 2.07. The molecule has 0 radical (unpaired) electrons. The van der Waals surface area contributed by atoms with E-state index in [1.165, 1.54) is 5.41 Å². The monoisotopic (exact) mass is 238 g/mol. The maximum Gasteiger partial charge on any atom is 0.200 e. The Kier molecular flexibility index (Phi) is 2.64. The first-order chi connectivity index (χ1) is 7.42. The van der Waals surface area contributed by atoms with Crippen LogP contribution in [0.4, 0.5) is 0 Å². The molecule has 0 saturated carbocycles. The standard InChI is InChI=1S/C12H14O3S/c1-8-7-16(14,15)12-10(6-9(2)13)4-3-5-11(8)12/h3-5,7,9,13H,6H2,1-2H3. The highest BCUT2D eigenvalue weighted by atomic mass is 32.2. The molecule has 0 amide bonds. The summed E-state index contributed by atoms with van der Waals surface area (Å²) in [6.45, 7) is 3.44. The summed E-state index contributed by atoms with van der Waals surface area (Å²) in [4.78, 5) is 0.369. The zero-order valence-electron chi connectivity index (χ0n) is 9.27. The number of allylic oxidation sites excluding steroid dienone is 1. The van der Waals surface area contributed by atoms with Gasteiger partial charge in [0.2, 0.25) is 9.84 Å². The minimum atomic E-state index is -3.30. The van der Waals surface area contributed by atoms with Crippen LogP contribution < -0.4 is 0 Å². The van der Waals surface area contributed by atoms with Crippen LogP contribution in [0.2, 0.25) is 0 Å². The lowest BCUT2D eigenvalue weighted by molar-refractivity contribution is 0.194. The van der Waals surface area contributed by atoms with E-state index >= 15 is 0 Å². The minimum Gasteiger partial charge on any atom is -0.393 e. The quantitative estimate of drug-likeness (QED) is 0.854. The Morgan fingerprint density at radius 3 is 2.69 bits per heavy atom. The van der Waals surface area contributed by atoms with Crippen LogP contribution in [-0.2, 0) is 16.3 Å². The molecule has 1 atom stereocenters. The third-order valence-electron chi connectivity index (χ3n) is 2.65. The second-order valence-corrected chi connectivity index (χ2v) is 5.93. The average molecular weight is 238 g/mol. The van der Waals surface area contributed by atoms with Crippen LogP contribution in [0.1, 0.15) is 25.0 Å². The summed E-state index contributed by atoms with van der Waals surface area (Å²) in [5, 5.41) is 10.7. The van der Waals surface area contributed by atoms with Crippen molar-refractivity contribution in [2.24, 2.45) is 0 Å². The molecule has 0 saturated heterocycles. The van der Waals surface area contributed by atoms with E-state index in [-0.39, 0.29) is 0 Å². The van der Waals surface area contributed by atoms with Gasteiger partial charge in [0, 0.05) is 5.41 Å². The van der Waals surface area contributed by atoms with Crippen LogP contribution in [0, 0.1) is 0 Å². The largest absolute Gasteiger partial charge is 0.393 e. The molecule has 1 aliphatic heterocycles. The molecule has 0 bridgehead atoms. The zero-order valence-corrected chi connectivity index (χ0v) is 10.1. The van der Waals surface area contributed by atoms with E-state index in [0.717, 1.165) is 11.1 Å². The van der Waals surface area contributed by atoms with Gasteiger partial charge >= 0.3 is 0 Å². The molecule has 1 aromatic rings. The van der Waals surface area contributed by atoms with E-state index in [1.54, 1.807) is 26.0 Å². The van der Waals surface area contributed by atoms with Crippen molar-refractivity contribution < 1.29 is 13.5 Å². The van der Waals surface area contributed by atoms with E-state index in [1.807, 2.05) is 6.07 Å². The zero-order chi connectivity index (χ0) is 11.9. The van der Waals surface area contributed by atoms with Crippen molar-refractivity contribution >= 4 is 15.4 Å². The summed E-state index contributed by atoms with van der Waals surface area (Å²) in [5.74, 6) is 0. The molecule has 0 aromatic heterocycles. The molecule has 1 unspecified atom stereocenters. The maximum atomic E-state index is 11.9. The summed E-state index contributed by atoms with van der Waals surface area (Å²) in [7, 11) is -3.30. The number of aliphatic hydroxyl groups is 1. The summed E-state index contributed by atoms with van der Waals surface area (Å²) >= 11 is 0. The number of benzene rings is 1. The summed E-state index contributed by atoms with van der Waals surface area (Å²) in [6, 6.07) is 5.39. The molecule has 3 nitrogen and oxygen atoms in total. The Hall–Kier alpha value is -1.13. The van der Waals surface area contributed by atoms with Gasteiger partial charge in [-0.15, -0.1) is 0 Å². The lowest BCUT2D eigenvalue weighted by Crippen LogP contribution is -2.08. The van der Waals surface area contributed by atoms with Crippen molar-refractivity contribution in [1.29, 1.82) is 0 Å².